The number of anilines is 1. The molecule has 3 heterocycles. The first-order valence-electron chi connectivity index (χ1n) is 12.2. The van der Waals surface area contributed by atoms with Gasteiger partial charge in [0, 0.05) is 36.1 Å². The van der Waals surface area contributed by atoms with Crippen LogP contribution in [0.15, 0.2) is 24.5 Å². The molecule has 0 saturated carbocycles. The van der Waals surface area contributed by atoms with Crippen LogP contribution in [0, 0.1) is 12.3 Å². The Balaban J connectivity index is 1.98. The number of piperidine rings is 1. The number of ether oxygens (including phenoxy) is 2. The normalized spacial score (nSPS) is 15.5. The molecule has 1 fully saturated rings. The first-order valence-corrected chi connectivity index (χ1v) is 12.2. The van der Waals surface area contributed by atoms with Gasteiger partial charge in [0.05, 0.1) is 36.7 Å². The van der Waals surface area contributed by atoms with Crippen molar-refractivity contribution in [1.82, 2.24) is 9.97 Å². The number of aromatic nitrogens is 2. The number of unbranched alkanes of at least 4 members (excludes halogenated alkanes) is 1. The van der Waals surface area contributed by atoms with E-state index in [4.69, 9.17) is 14.5 Å². The number of hydrogen-bond acceptors (Lipinski definition) is 6. The van der Waals surface area contributed by atoms with E-state index in [1.807, 2.05) is 39.1 Å². The second-order valence-electron chi connectivity index (χ2n) is 10.0. The monoisotopic (exact) mass is 453 g/mol. The Morgan fingerprint density at radius 1 is 1.15 bits per heavy atom. The highest BCUT2D eigenvalue weighted by Gasteiger charge is 2.29. The zero-order valence-corrected chi connectivity index (χ0v) is 21.1. The summed E-state index contributed by atoms with van der Waals surface area (Å²) in [4.78, 5) is 24.4. The standard InChI is InChI=1S/C27H39N3O3/c1-7-8-15-32-21-9-10-24(29-17-21)23-18-28-20(4)22(16-25(31)33-19(2)3)26(23)30-13-11-27(5,6)12-14-30/h9-10,17-19H,7-8,11-16H2,1-6H3. The molecule has 0 aliphatic carbocycles. The maximum atomic E-state index is 12.6. The molecule has 0 aromatic carbocycles. The van der Waals surface area contributed by atoms with Crippen LogP contribution in [0.4, 0.5) is 5.69 Å². The van der Waals surface area contributed by atoms with Crippen molar-refractivity contribution in [2.24, 2.45) is 5.41 Å². The van der Waals surface area contributed by atoms with E-state index >= 15 is 0 Å². The molecule has 1 aliphatic heterocycles. The van der Waals surface area contributed by atoms with Crippen molar-refractivity contribution in [3.8, 4) is 17.0 Å². The lowest BCUT2D eigenvalue weighted by atomic mass is 9.82. The molecule has 180 valence electrons. The lowest BCUT2D eigenvalue weighted by molar-refractivity contribution is -0.146. The van der Waals surface area contributed by atoms with Gasteiger partial charge in [0.2, 0.25) is 0 Å². The summed E-state index contributed by atoms with van der Waals surface area (Å²) in [7, 11) is 0. The molecule has 2 aromatic heterocycles. The Kier molecular flexibility index (Phi) is 8.33. The molecule has 0 unspecified atom stereocenters. The van der Waals surface area contributed by atoms with Crippen molar-refractivity contribution < 1.29 is 14.3 Å². The Morgan fingerprint density at radius 2 is 1.88 bits per heavy atom. The molecule has 3 rings (SSSR count). The van der Waals surface area contributed by atoms with Crippen molar-refractivity contribution in [3.05, 3.63) is 35.8 Å². The zero-order chi connectivity index (χ0) is 24.0. The molecule has 0 atom stereocenters. The van der Waals surface area contributed by atoms with Crippen LogP contribution in [0.1, 0.15) is 71.6 Å². The quantitative estimate of drug-likeness (QED) is 0.356. The fraction of sp³-hybridized carbons (Fsp3) is 0.593. The van der Waals surface area contributed by atoms with Gasteiger partial charge in [0.25, 0.3) is 0 Å². The number of rotatable bonds is 9. The minimum atomic E-state index is -0.224. The second kappa shape index (κ2) is 11.0. The zero-order valence-electron chi connectivity index (χ0n) is 21.1. The minimum absolute atomic E-state index is 0.143. The maximum absolute atomic E-state index is 12.6. The minimum Gasteiger partial charge on any atom is -0.492 e. The number of pyridine rings is 2. The molecule has 1 saturated heterocycles. The molecule has 0 radical (unpaired) electrons. The highest BCUT2D eigenvalue weighted by Crippen LogP contribution is 2.39. The van der Waals surface area contributed by atoms with Crippen LogP contribution >= 0.6 is 0 Å². The molecule has 1 aliphatic rings. The Labute approximate surface area is 198 Å². The van der Waals surface area contributed by atoms with Crippen molar-refractivity contribution >= 4 is 11.7 Å². The molecule has 0 amide bonds. The summed E-state index contributed by atoms with van der Waals surface area (Å²) in [6.45, 7) is 15.1. The van der Waals surface area contributed by atoms with E-state index in [9.17, 15) is 4.79 Å². The van der Waals surface area contributed by atoms with Gasteiger partial charge in [0.1, 0.15) is 5.75 Å². The predicted molar refractivity (Wildman–Crippen MR) is 133 cm³/mol. The van der Waals surface area contributed by atoms with Crippen molar-refractivity contribution in [1.29, 1.82) is 0 Å². The van der Waals surface area contributed by atoms with Gasteiger partial charge >= 0.3 is 5.97 Å². The molecule has 2 aromatic rings. The van der Waals surface area contributed by atoms with E-state index in [1.165, 1.54) is 0 Å². The fourth-order valence-electron chi connectivity index (χ4n) is 4.14. The number of nitrogens with zero attached hydrogens (tertiary/aromatic N) is 3. The largest absolute Gasteiger partial charge is 0.492 e. The molecular weight excluding hydrogens is 414 g/mol. The highest BCUT2D eigenvalue weighted by molar-refractivity contribution is 5.84. The summed E-state index contributed by atoms with van der Waals surface area (Å²) in [6.07, 6.45) is 8.05. The number of hydrogen-bond donors (Lipinski definition) is 0. The van der Waals surface area contributed by atoms with Crippen LogP contribution in [0.25, 0.3) is 11.3 Å². The molecular formula is C27H39N3O3. The van der Waals surface area contributed by atoms with E-state index in [0.29, 0.717) is 12.0 Å². The fourth-order valence-corrected chi connectivity index (χ4v) is 4.14. The Morgan fingerprint density at radius 3 is 2.48 bits per heavy atom. The molecule has 0 spiro atoms. The number of aryl methyl sites for hydroxylation is 1. The van der Waals surface area contributed by atoms with Gasteiger partial charge in [-0.2, -0.15) is 0 Å². The van der Waals surface area contributed by atoms with E-state index in [2.05, 4.69) is 30.7 Å². The van der Waals surface area contributed by atoms with Crippen molar-refractivity contribution in [3.63, 3.8) is 0 Å². The SMILES string of the molecule is CCCCOc1ccc(-c2cnc(C)c(CC(=O)OC(C)C)c2N2CCC(C)(C)CC2)nc1. The van der Waals surface area contributed by atoms with Gasteiger partial charge in [-0.15, -0.1) is 0 Å². The third kappa shape index (κ3) is 6.68. The highest BCUT2D eigenvalue weighted by atomic mass is 16.5. The van der Waals surface area contributed by atoms with E-state index in [0.717, 1.165) is 72.7 Å². The summed E-state index contributed by atoms with van der Waals surface area (Å²) in [6, 6.07) is 3.95. The lowest BCUT2D eigenvalue weighted by Crippen LogP contribution is -2.38. The van der Waals surface area contributed by atoms with Crippen molar-refractivity contribution in [2.75, 3.05) is 24.6 Å². The van der Waals surface area contributed by atoms with Crippen LogP contribution in [0.2, 0.25) is 0 Å². The van der Waals surface area contributed by atoms with Gasteiger partial charge in [-0.05, 0) is 57.6 Å². The summed E-state index contributed by atoms with van der Waals surface area (Å²) in [5.41, 5.74) is 4.97. The van der Waals surface area contributed by atoms with Crippen LogP contribution in [0.5, 0.6) is 5.75 Å². The predicted octanol–water partition coefficient (Wildman–Crippen LogP) is 5.75. The Hall–Kier alpha value is -2.63. The third-order valence-electron chi connectivity index (χ3n) is 6.27. The van der Waals surface area contributed by atoms with E-state index in [1.54, 1.807) is 6.20 Å². The summed E-state index contributed by atoms with van der Waals surface area (Å²) < 4.78 is 11.3. The molecule has 0 bridgehead atoms. The molecule has 33 heavy (non-hydrogen) atoms. The Bertz CT molecular complexity index is 928. The smallest absolute Gasteiger partial charge is 0.310 e. The van der Waals surface area contributed by atoms with Gasteiger partial charge in [-0.1, -0.05) is 27.2 Å². The molecule has 6 heteroatoms. The van der Waals surface area contributed by atoms with Crippen LogP contribution in [-0.4, -0.2) is 41.7 Å². The first-order chi connectivity index (χ1) is 15.7. The van der Waals surface area contributed by atoms with E-state index < -0.39 is 0 Å². The maximum Gasteiger partial charge on any atom is 0.310 e. The van der Waals surface area contributed by atoms with Gasteiger partial charge in [-0.25, -0.2) is 0 Å². The average Bonchev–Trinajstić information content (AvgIpc) is 2.76. The second-order valence-corrected chi connectivity index (χ2v) is 10.0. The number of esters is 1. The van der Waals surface area contributed by atoms with Crippen LogP contribution in [0.3, 0.4) is 0 Å². The van der Waals surface area contributed by atoms with Crippen LogP contribution < -0.4 is 9.64 Å². The molecule has 0 N–H and O–H groups in total. The van der Waals surface area contributed by atoms with Crippen molar-refractivity contribution in [2.45, 2.75) is 79.8 Å². The number of carbonyl (C=O) groups is 1. The van der Waals surface area contributed by atoms with Gasteiger partial charge < -0.3 is 14.4 Å². The lowest BCUT2D eigenvalue weighted by Gasteiger charge is -2.40. The van der Waals surface area contributed by atoms with E-state index in [-0.39, 0.29) is 18.5 Å². The first kappa shape index (κ1) is 25.0. The van der Waals surface area contributed by atoms with Gasteiger partial charge in [0.15, 0.2) is 0 Å². The summed E-state index contributed by atoms with van der Waals surface area (Å²) >= 11 is 0. The van der Waals surface area contributed by atoms with Gasteiger partial charge in [-0.3, -0.25) is 14.8 Å². The summed E-state index contributed by atoms with van der Waals surface area (Å²) in [5.74, 6) is 0.549. The topological polar surface area (TPSA) is 64.6 Å². The summed E-state index contributed by atoms with van der Waals surface area (Å²) in [5, 5.41) is 0. The molecule has 6 nitrogen and oxygen atoms in total. The van der Waals surface area contributed by atoms with Crippen LogP contribution in [-0.2, 0) is 16.0 Å². The number of carbonyl (C=O) groups excluding carboxylic acids is 1. The average molecular weight is 454 g/mol. The third-order valence-corrected chi connectivity index (χ3v) is 6.27.